The summed E-state index contributed by atoms with van der Waals surface area (Å²) in [6.07, 6.45) is 2.20. The number of benzene rings is 1. The quantitative estimate of drug-likeness (QED) is 0.794. The lowest BCUT2D eigenvalue weighted by Crippen LogP contribution is -2.18. The number of aromatic nitrogens is 2. The monoisotopic (exact) mass is 288 g/mol. The highest BCUT2D eigenvalue weighted by Gasteiger charge is 2.26. The van der Waals surface area contributed by atoms with Crippen LogP contribution in [0.15, 0.2) is 36.4 Å². The molecule has 0 radical (unpaired) electrons. The minimum absolute atomic E-state index is 0.157. The maximum atomic E-state index is 13.5. The largest absolute Gasteiger partial charge is 0.461 e. The molecule has 0 bridgehead atoms. The molecule has 2 aromatic rings. The van der Waals surface area contributed by atoms with E-state index >= 15 is 0 Å². The highest BCUT2D eigenvalue weighted by Crippen LogP contribution is 2.29. The van der Waals surface area contributed by atoms with Gasteiger partial charge in [0.25, 0.3) is 0 Å². The van der Waals surface area contributed by atoms with E-state index in [9.17, 15) is 9.18 Å². The molecule has 5 heteroatoms. The van der Waals surface area contributed by atoms with Crippen LogP contribution in [0.5, 0.6) is 0 Å². The van der Waals surface area contributed by atoms with Crippen LogP contribution in [0, 0.1) is 11.9 Å². The number of esters is 1. The number of carbonyl (C=O) groups is 1. The summed E-state index contributed by atoms with van der Waals surface area (Å²) in [6, 6.07) is 10.4. The second kappa shape index (κ2) is 5.68. The minimum Gasteiger partial charge on any atom is -0.461 e. The first kappa shape index (κ1) is 13.8. The van der Waals surface area contributed by atoms with Gasteiger partial charge in [0, 0.05) is 6.07 Å². The minimum atomic E-state index is -0.670. The van der Waals surface area contributed by atoms with Crippen molar-refractivity contribution in [2.45, 2.75) is 25.8 Å². The summed E-state index contributed by atoms with van der Waals surface area (Å²) in [5.74, 6) is -0.709. The molecular weight excluding hydrogens is 271 g/mol. The summed E-state index contributed by atoms with van der Waals surface area (Å²) in [4.78, 5) is 12.1. The van der Waals surface area contributed by atoms with Crippen molar-refractivity contribution in [3.63, 3.8) is 0 Å². The average molecular weight is 288 g/mol. The molecule has 0 unspecified atom stereocenters. The first-order valence-corrected chi connectivity index (χ1v) is 7.12. The van der Waals surface area contributed by atoms with Crippen LogP contribution in [0.2, 0.25) is 0 Å². The third kappa shape index (κ3) is 3.12. The number of carbonyl (C=O) groups excluding carboxylic acids is 1. The number of nitrogens with zero attached hydrogens (tertiary/aromatic N) is 2. The standard InChI is InChI=1S/C16H17FN2O2/c1-11(13-5-3-2-4-6-13)19-14(9-15(17)18-19)16(20)21-10-12-7-8-12/h2-6,9,11-12H,7-8,10H2,1H3/t11-/m1/s1. The van der Waals surface area contributed by atoms with E-state index in [0.29, 0.717) is 12.5 Å². The Morgan fingerprint density at radius 1 is 1.43 bits per heavy atom. The lowest BCUT2D eigenvalue weighted by molar-refractivity contribution is 0.0470. The topological polar surface area (TPSA) is 44.1 Å². The van der Waals surface area contributed by atoms with Gasteiger partial charge < -0.3 is 4.74 Å². The van der Waals surface area contributed by atoms with Gasteiger partial charge >= 0.3 is 5.97 Å². The molecule has 1 heterocycles. The Morgan fingerprint density at radius 3 is 2.81 bits per heavy atom. The van der Waals surface area contributed by atoms with E-state index in [1.54, 1.807) is 0 Å². The van der Waals surface area contributed by atoms with Crippen LogP contribution in [-0.2, 0) is 4.74 Å². The van der Waals surface area contributed by atoms with Crippen LogP contribution >= 0.6 is 0 Å². The van der Waals surface area contributed by atoms with Gasteiger partial charge in [-0.05, 0) is 31.2 Å². The first-order valence-electron chi connectivity index (χ1n) is 7.12. The zero-order chi connectivity index (χ0) is 14.8. The lowest BCUT2D eigenvalue weighted by atomic mass is 10.1. The van der Waals surface area contributed by atoms with E-state index in [0.717, 1.165) is 24.5 Å². The summed E-state index contributed by atoms with van der Waals surface area (Å²) in [5.41, 5.74) is 1.11. The maximum absolute atomic E-state index is 13.5. The molecule has 0 saturated heterocycles. The zero-order valence-corrected chi connectivity index (χ0v) is 11.8. The summed E-state index contributed by atoms with van der Waals surface area (Å²) in [5, 5.41) is 3.80. The van der Waals surface area contributed by atoms with Crippen LogP contribution in [0.3, 0.4) is 0 Å². The molecule has 4 nitrogen and oxygen atoms in total. The van der Waals surface area contributed by atoms with Gasteiger partial charge in [-0.2, -0.15) is 4.39 Å². The maximum Gasteiger partial charge on any atom is 0.356 e. The molecule has 0 aliphatic heterocycles. The molecule has 0 spiro atoms. The van der Waals surface area contributed by atoms with Gasteiger partial charge in [-0.15, -0.1) is 5.10 Å². The van der Waals surface area contributed by atoms with E-state index in [2.05, 4.69) is 5.10 Å². The lowest BCUT2D eigenvalue weighted by Gasteiger charge is -2.15. The predicted octanol–water partition coefficient (Wildman–Crippen LogP) is 3.20. The van der Waals surface area contributed by atoms with Crippen LogP contribution in [0.4, 0.5) is 4.39 Å². The highest BCUT2D eigenvalue weighted by atomic mass is 19.1. The number of hydrogen-bond acceptors (Lipinski definition) is 3. The van der Waals surface area contributed by atoms with Crippen molar-refractivity contribution in [1.29, 1.82) is 0 Å². The fourth-order valence-corrected chi connectivity index (χ4v) is 2.24. The fourth-order valence-electron chi connectivity index (χ4n) is 2.24. The Balaban J connectivity index is 1.82. The molecule has 1 aromatic carbocycles. The number of ether oxygens (including phenoxy) is 1. The van der Waals surface area contributed by atoms with E-state index in [-0.39, 0.29) is 11.7 Å². The second-order valence-corrected chi connectivity index (χ2v) is 5.43. The Hall–Kier alpha value is -2.17. The third-order valence-corrected chi connectivity index (χ3v) is 3.71. The van der Waals surface area contributed by atoms with Crippen LogP contribution < -0.4 is 0 Å². The second-order valence-electron chi connectivity index (χ2n) is 5.43. The molecule has 1 atom stereocenters. The van der Waals surface area contributed by atoms with Crippen molar-refractivity contribution in [2.24, 2.45) is 5.92 Å². The number of hydrogen-bond donors (Lipinski definition) is 0. The molecule has 3 rings (SSSR count). The Labute approximate surface area is 122 Å². The van der Waals surface area contributed by atoms with Crippen molar-refractivity contribution < 1.29 is 13.9 Å². The molecule has 1 aliphatic carbocycles. The van der Waals surface area contributed by atoms with Crippen molar-refractivity contribution in [1.82, 2.24) is 9.78 Å². The molecule has 110 valence electrons. The van der Waals surface area contributed by atoms with Gasteiger partial charge in [-0.25, -0.2) is 9.48 Å². The molecule has 1 saturated carbocycles. The SMILES string of the molecule is C[C@H](c1ccccc1)n1nc(F)cc1C(=O)OCC1CC1. The Morgan fingerprint density at radius 2 is 2.14 bits per heavy atom. The van der Waals surface area contributed by atoms with Gasteiger partial charge in [0.05, 0.1) is 12.6 Å². The van der Waals surface area contributed by atoms with Crippen molar-refractivity contribution in [3.05, 3.63) is 53.6 Å². The predicted molar refractivity (Wildman–Crippen MR) is 75.4 cm³/mol. The molecule has 21 heavy (non-hydrogen) atoms. The summed E-state index contributed by atoms with van der Waals surface area (Å²) < 4.78 is 20.1. The Kier molecular flexibility index (Phi) is 3.73. The van der Waals surface area contributed by atoms with Gasteiger partial charge in [0.1, 0.15) is 5.69 Å². The molecule has 0 N–H and O–H groups in total. The van der Waals surface area contributed by atoms with E-state index in [4.69, 9.17) is 4.74 Å². The first-order chi connectivity index (χ1) is 10.1. The van der Waals surface area contributed by atoms with E-state index < -0.39 is 11.9 Å². The van der Waals surface area contributed by atoms with Crippen molar-refractivity contribution in [2.75, 3.05) is 6.61 Å². The smallest absolute Gasteiger partial charge is 0.356 e. The number of rotatable bonds is 5. The van der Waals surface area contributed by atoms with Crippen LogP contribution in [-0.4, -0.2) is 22.4 Å². The highest BCUT2D eigenvalue weighted by molar-refractivity contribution is 5.87. The average Bonchev–Trinajstić information content (AvgIpc) is 3.25. The van der Waals surface area contributed by atoms with Crippen molar-refractivity contribution >= 4 is 5.97 Å². The van der Waals surface area contributed by atoms with Crippen molar-refractivity contribution in [3.8, 4) is 0 Å². The molecular formula is C16H17FN2O2. The zero-order valence-electron chi connectivity index (χ0n) is 11.8. The molecule has 1 aromatic heterocycles. The molecule has 1 aliphatic rings. The molecule has 0 amide bonds. The van der Waals surface area contributed by atoms with Crippen LogP contribution in [0.25, 0.3) is 0 Å². The summed E-state index contributed by atoms with van der Waals surface area (Å²) >= 11 is 0. The van der Waals surface area contributed by atoms with E-state index in [1.807, 2.05) is 37.3 Å². The van der Waals surface area contributed by atoms with Gasteiger partial charge in [-0.3, -0.25) is 0 Å². The van der Waals surface area contributed by atoms with Gasteiger partial charge in [-0.1, -0.05) is 30.3 Å². The van der Waals surface area contributed by atoms with E-state index in [1.165, 1.54) is 4.68 Å². The van der Waals surface area contributed by atoms with Crippen LogP contribution in [0.1, 0.15) is 41.9 Å². The third-order valence-electron chi connectivity index (χ3n) is 3.71. The molecule has 1 fully saturated rings. The normalized spacial score (nSPS) is 15.7. The fraction of sp³-hybridized carbons (Fsp3) is 0.375. The Bertz CT molecular complexity index is 635. The summed E-state index contributed by atoms with van der Waals surface area (Å²) in [6.45, 7) is 2.28. The van der Waals surface area contributed by atoms with Gasteiger partial charge in [0.2, 0.25) is 5.95 Å². The number of halogens is 1. The van der Waals surface area contributed by atoms with Gasteiger partial charge in [0.15, 0.2) is 0 Å². The summed E-state index contributed by atoms with van der Waals surface area (Å²) in [7, 11) is 0.